The molecule has 1 rings (SSSR count). The third kappa shape index (κ3) is 6.21. The number of alkyl halides is 2. The zero-order valence-corrected chi connectivity index (χ0v) is 13.6. The van der Waals surface area contributed by atoms with Crippen LogP contribution in [0, 0.1) is 0 Å². The second kappa shape index (κ2) is 9.06. The number of carbonyl (C=O) groups is 2. The summed E-state index contributed by atoms with van der Waals surface area (Å²) in [5, 5.41) is 5.36. The van der Waals surface area contributed by atoms with Gasteiger partial charge in [-0.25, -0.2) is 9.78 Å². The fraction of sp³-hybridized carbons (Fsp3) is 0.643. The van der Waals surface area contributed by atoms with Gasteiger partial charge < -0.3 is 15.5 Å². The average Bonchev–Trinajstić information content (AvgIpc) is 2.95. The summed E-state index contributed by atoms with van der Waals surface area (Å²) in [5.74, 6) is -0.0530. The first-order chi connectivity index (χ1) is 10.8. The lowest BCUT2D eigenvalue weighted by Gasteiger charge is -2.18. The van der Waals surface area contributed by atoms with Crippen molar-refractivity contribution in [3.8, 4) is 0 Å². The number of amides is 3. The lowest BCUT2D eigenvalue weighted by atomic mass is 10.2. The number of urea groups is 1. The van der Waals surface area contributed by atoms with E-state index in [0.717, 1.165) is 12.6 Å². The maximum Gasteiger partial charge on any atom is 0.319 e. The van der Waals surface area contributed by atoms with Crippen molar-refractivity contribution in [2.75, 3.05) is 13.6 Å². The molecule has 1 aromatic rings. The second-order valence-electron chi connectivity index (χ2n) is 5.24. The molecule has 0 saturated heterocycles. The summed E-state index contributed by atoms with van der Waals surface area (Å²) in [6.07, 6.45) is 3.41. The summed E-state index contributed by atoms with van der Waals surface area (Å²) in [7, 11) is 1.47. The van der Waals surface area contributed by atoms with Crippen LogP contribution in [0.25, 0.3) is 0 Å². The van der Waals surface area contributed by atoms with Crippen LogP contribution in [0.2, 0.25) is 0 Å². The van der Waals surface area contributed by atoms with Crippen molar-refractivity contribution in [1.82, 2.24) is 25.1 Å². The van der Waals surface area contributed by atoms with Crippen LogP contribution in [-0.2, 0) is 11.3 Å². The maximum atomic E-state index is 12.7. The van der Waals surface area contributed by atoms with Gasteiger partial charge >= 0.3 is 12.6 Å². The van der Waals surface area contributed by atoms with Gasteiger partial charge in [0.1, 0.15) is 5.82 Å². The Labute approximate surface area is 134 Å². The van der Waals surface area contributed by atoms with Crippen LogP contribution in [0.5, 0.6) is 0 Å². The first-order valence-corrected chi connectivity index (χ1v) is 7.43. The van der Waals surface area contributed by atoms with Gasteiger partial charge in [0.2, 0.25) is 5.91 Å². The van der Waals surface area contributed by atoms with Crippen LogP contribution in [-0.4, -0.2) is 46.0 Å². The summed E-state index contributed by atoms with van der Waals surface area (Å²) in [5.41, 5.74) is 0. The first kappa shape index (κ1) is 18.9. The molecule has 3 amide bonds. The van der Waals surface area contributed by atoms with Crippen molar-refractivity contribution in [2.24, 2.45) is 0 Å². The summed E-state index contributed by atoms with van der Waals surface area (Å²) in [4.78, 5) is 28.5. The molecule has 0 radical (unpaired) electrons. The number of hydrogen-bond donors (Lipinski definition) is 2. The van der Waals surface area contributed by atoms with E-state index in [-0.39, 0.29) is 37.3 Å². The van der Waals surface area contributed by atoms with Gasteiger partial charge in [0, 0.05) is 38.4 Å². The van der Waals surface area contributed by atoms with E-state index in [4.69, 9.17) is 0 Å². The van der Waals surface area contributed by atoms with E-state index in [1.807, 2.05) is 13.8 Å². The smallest absolute Gasteiger partial charge is 0.319 e. The Morgan fingerprint density at radius 2 is 2.13 bits per heavy atom. The fourth-order valence-electron chi connectivity index (χ4n) is 1.79. The van der Waals surface area contributed by atoms with Crippen LogP contribution in [0.1, 0.15) is 39.1 Å². The Morgan fingerprint density at radius 3 is 2.74 bits per heavy atom. The Hall–Kier alpha value is -2.19. The van der Waals surface area contributed by atoms with E-state index in [0.29, 0.717) is 4.57 Å². The Kier molecular flexibility index (Phi) is 7.43. The van der Waals surface area contributed by atoms with Gasteiger partial charge in [-0.1, -0.05) is 6.92 Å². The average molecular weight is 331 g/mol. The molecule has 0 fully saturated rings. The van der Waals surface area contributed by atoms with Gasteiger partial charge in [0.05, 0.1) is 6.54 Å². The molecule has 1 atom stereocenters. The van der Waals surface area contributed by atoms with Gasteiger partial charge in [-0.3, -0.25) is 9.36 Å². The quantitative estimate of drug-likeness (QED) is 0.761. The highest BCUT2D eigenvalue weighted by molar-refractivity contribution is 5.78. The van der Waals surface area contributed by atoms with Gasteiger partial charge in [-0.05, 0) is 13.3 Å². The summed E-state index contributed by atoms with van der Waals surface area (Å²) in [6, 6.07) is -0.362. The molecular weight excluding hydrogens is 308 g/mol. The molecule has 7 nitrogen and oxygen atoms in total. The van der Waals surface area contributed by atoms with E-state index in [1.54, 1.807) is 0 Å². The SMILES string of the molecule is CC[C@@H](C)NC(=O)CCNC(=O)N(C)Cc1nccn1C(F)F. The number of rotatable bonds is 8. The minimum atomic E-state index is -2.70. The van der Waals surface area contributed by atoms with Crippen molar-refractivity contribution >= 4 is 11.9 Å². The molecule has 0 aromatic carbocycles. The van der Waals surface area contributed by atoms with Crippen molar-refractivity contribution < 1.29 is 18.4 Å². The van der Waals surface area contributed by atoms with Gasteiger partial charge in [0.15, 0.2) is 0 Å². The highest BCUT2D eigenvalue weighted by Gasteiger charge is 2.16. The summed E-state index contributed by atoms with van der Waals surface area (Å²) in [6.45, 7) is 1.28. The molecular formula is C14H23F2N5O2. The van der Waals surface area contributed by atoms with E-state index in [2.05, 4.69) is 15.6 Å². The second-order valence-corrected chi connectivity index (χ2v) is 5.24. The third-order valence-corrected chi connectivity index (χ3v) is 3.33. The molecule has 1 aromatic heterocycles. The molecule has 9 heteroatoms. The molecule has 0 spiro atoms. The maximum absolute atomic E-state index is 12.7. The number of halogens is 2. The predicted molar refractivity (Wildman–Crippen MR) is 80.9 cm³/mol. The highest BCUT2D eigenvalue weighted by Crippen LogP contribution is 2.13. The van der Waals surface area contributed by atoms with E-state index in [9.17, 15) is 18.4 Å². The fourth-order valence-corrected chi connectivity index (χ4v) is 1.79. The van der Waals surface area contributed by atoms with Crippen molar-refractivity contribution in [2.45, 2.75) is 45.8 Å². The molecule has 0 aliphatic carbocycles. The van der Waals surface area contributed by atoms with Crippen molar-refractivity contribution in [1.29, 1.82) is 0 Å². The minimum Gasteiger partial charge on any atom is -0.354 e. The van der Waals surface area contributed by atoms with Gasteiger partial charge in [-0.15, -0.1) is 0 Å². The molecule has 0 unspecified atom stereocenters. The number of imidazole rings is 1. The van der Waals surface area contributed by atoms with E-state index >= 15 is 0 Å². The number of hydrogen-bond acceptors (Lipinski definition) is 3. The normalized spacial score (nSPS) is 12.1. The summed E-state index contributed by atoms with van der Waals surface area (Å²) >= 11 is 0. The van der Waals surface area contributed by atoms with E-state index < -0.39 is 12.6 Å². The van der Waals surface area contributed by atoms with Crippen LogP contribution in [0.4, 0.5) is 13.6 Å². The first-order valence-electron chi connectivity index (χ1n) is 7.43. The zero-order valence-electron chi connectivity index (χ0n) is 13.6. The van der Waals surface area contributed by atoms with Crippen LogP contribution < -0.4 is 10.6 Å². The molecule has 0 bridgehead atoms. The minimum absolute atomic E-state index is 0.0533. The zero-order chi connectivity index (χ0) is 17.4. The van der Waals surface area contributed by atoms with Crippen LogP contribution in [0.15, 0.2) is 12.4 Å². The molecule has 0 aliphatic heterocycles. The third-order valence-electron chi connectivity index (χ3n) is 3.33. The standard InChI is InChI=1S/C14H23F2N5O2/c1-4-10(2)19-12(22)5-6-18-14(23)20(3)9-11-17-7-8-21(11)13(15)16/h7-8,10,13H,4-6,9H2,1-3H3,(H,18,23)(H,19,22)/t10-/m1/s1. The monoisotopic (exact) mass is 331 g/mol. The van der Waals surface area contributed by atoms with Crippen molar-refractivity contribution in [3.05, 3.63) is 18.2 Å². The highest BCUT2D eigenvalue weighted by atomic mass is 19.3. The van der Waals surface area contributed by atoms with Crippen LogP contribution >= 0.6 is 0 Å². The lowest BCUT2D eigenvalue weighted by Crippen LogP contribution is -2.40. The Morgan fingerprint density at radius 1 is 1.43 bits per heavy atom. The van der Waals surface area contributed by atoms with Crippen LogP contribution in [0.3, 0.4) is 0 Å². The lowest BCUT2D eigenvalue weighted by molar-refractivity contribution is -0.121. The predicted octanol–water partition coefficient (Wildman–Crippen LogP) is 1.72. The summed E-state index contributed by atoms with van der Waals surface area (Å²) < 4.78 is 26.1. The topological polar surface area (TPSA) is 79.3 Å². The van der Waals surface area contributed by atoms with E-state index in [1.165, 1.54) is 18.1 Å². The number of nitrogens with zero attached hydrogens (tertiary/aromatic N) is 3. The Bertz CT molecular complexity index is 521. The van der Waals surface area contributed by atoms with Gasteiger partial charge in [-0.2, -0.15) is 8.78 Å². The molecule has 2 N–H and O–H groups in total. The Balaban J connectivity index is 2.37. The molecule has 23 heavy (non-hydrogen) atoms. The number of carbonyl (C=O) groups excluding carboxylic acids is 2. The van der Waals surface area contributed by atoms with Gasteiger partial charge in [0.25, 0.3) is 0 Å². The largest absolute Gasteiger partial charge is 0.354 e. The molecule has 1 heterocycles. The van der Waals surface area contributed by atoms with Crippen molar-refractivity contribution in [3.63, 3.8) is 0 Å². The number of aromatic nitrogens is 2. The molecule has 0 aliphatic rings. The molecule has 0 saturated carbocycles. The number of nitrogens with one attached hydrogen (secondary N) is 2. The molecule has 130 valence electrons.